The second-order valence-electron chi connectivity index (χ2n) is 6.35. The average Bonchev–Trinajstić information content (AvgIpc) is 3.00. The summed E-state index contributed by atoms with van der Waals surface area (Å²) in [6, 6.07) is 5.56. The largest absolute Gasteiger partial charge is 0.350 e. The molecule has 0 aliphatic carbocycles. The van der Waals surface area contributed by atoms with Crippen LogP contribution in [0.3, 0.4) is 0 Å². The Morgan fingerprint density at radius 3 is 2.75 bits per heavy atom. The predicted molar refractivity (Wildman–Crippen MR) is 96.7 cm³/mol. The molecule has 0 aliphatic heterocycles. The van der Waals surface area contributed by atoms with Crippen LogP contribution in [0.2, 0.25) is 0 Å². The van der Waals surface area contributed by atoms with Crippen LogP contribution >= 0.6 is 11.8 Å². The molecule has 3 aromatic rings. The van der Waals surface area contributed by atoms with Crippen molar-refractivity contribution in [2.24, 2.45) is 5.92 Å². The third kappa shape index (κ3) is 3.26. The molecule has 0 aromatic carbocycles. The third-order valence-electron chi connectivity index (χ3n) is 3.99. The fourth-order valence-electron chi connectivity index (χ4n) is 2.65. The van der Waals surface area contributed by atoms with Crippen LogP contribution in [-0.4, -0.2) is 29.5 Å². The summed E-state index contributed by atoms with van der Waals surface area (Å²) < 4.78 is 5.37. The molecule has 0 amide bonds. The minimum atomic E-state index is -0.0934. The Morgan fingerprint density at radius 1 is 1.25 bits per heavy atom. The van der Waals surface area contributed by atoms with E-state index in [0.29, 0.717) is 18.1 Å². The van der Waals surface area contributed by atoms with Gasteiger partial charge >= 0.3 is 5.69 Å². The Hall–Kier alpha value is -2.02. The molecule has 0 atom stereocenters. The highest BCUT2D eigenvalue weighted by Gasteiger charge is 2.13. The number of nitrogens with zero attached hydrogens (tertiary/aromatic N) is 5. The molecule has 0 saturated carbocycles. The van der Waals surface area contributed by atoms with Crippen molar-refractivity contribution in [2.75, 3.05) is 5.75 Å². The molecule has 0 radical (unpaired) electrons. The molecular weight excluding hydrogens is 322 g/mol. The van der Waals surface area contributed by atoms with Crippen molar-refractivity contribution in [1.29, 1.82) is 0 Å². The van der Waals surface area contributed by atoms with Gasteiger partial charge in [0, 0.05) is 24.2 Å². The quantitative estimate of drug-likeness (QED) is 0.645. The summed E-state index contributed by atoms with van der Waals surface area (Å²) in [5, 5.41) is 5.39. The second kappa shape index (κ2) is 6.84. The second-order valence-corrected chi connectivity index (χ2v) is 7.41. The number of rotatable bonds is 6. The van der Waals surface area contributed by atoms with E-state index in [1.165, 1.54) is 10.4 Å². The highest BCUT2D eigenvalue weighted by Crippen LogP contribution is 2.22. The number of imidazole rings is 1. The number of pyridine rings is 1. The molecule has 0 bridgehead atoms. The van der Waals surface area contributed by atoms with E-state index in [0.717, 1.165) is 23.1 Å². The first kappa shape index (κ1) is 16.8. The minimum absolute atomic E-state index is 0.0934. The number of aryl methyl sites for hydroxylation is 2. The van der Waals surface area contributed by atoms with Crippen molar-refractivity contribution in [2.45, 2.75) is 45.9 Å². The number of aromatic nitrogens is 5. The smallest absolute Gasteiger partial charge is 0.323 e. The summed E-state index contributed by atoms with van der Waals surface area (Å²) in [5.41, 5.74) is 2.88. The Bertz CT molecular complexity index is 905. The molecule has 128 valence electrons. The van der Waals surface area contributed by atoms with Crippen molar-refractivity contribution in [1.82, 2.24) is 23.7 Å². The van der Waals surface area contributed by atoms with Crippen LogP contribution in [0.5, 0.6) is 0 Å². The molecular formula is C17H23N5OS. The average molecular weight is 345 g/mol. The summed E-state index contributed by atoms with van der Waals surface area (Å²) >= 11 is 1.68. The van der Waals surface area contributed by atoms with Gasteiger partial charge in [0.15, 0.2) is 10.8 Å². The predicted octanol–water partition coefficient (Wildman–Crippen LogP) is 2.76. The lowest BCUT2D eigenvalue weighted by atomic mass is 10.2. The molecule has 24 heavy (non-hydrogen) atoms. The molecule has 0 spiro atoms. The van der Waals surface area contributed by atoms with Crippen LogP contribution in [0.15, 0.2) is 34.3 Å². The first-order valence-electron chi connectivity index (χ1n) is 8.18. The first-order valence-corrected chi connectivity index (χ1v) is 9.16. The SMILES string of the molecule is Cc1nc(SCCn2nc3ccccn3c2=O)n(CC(C)C)c1C. The van der Waals surface area contributed by atoms with Crippen LogP contribution < -0.4 is 5.69 Å². The van der Waals surface area contributed by atoms with Crippen molar-refractivity contribution in [3.63, 3.8) is 0 Å². The van der Waals surface area contributed by atoms with Crippen LogP contribution in [0.25, 0.3) is 5.65 Å². The molecule has 0 saturated heterocycles. The van der Waals surface area contributed by atoms with E-state index in [1.807, 2.05) is 25.1 Å². The van der Waals surface area contributed by atoms with Gasteiger partial charge in [0.2, 0.25) is 0 Å². The van der Waals surface area contributed by atoms with Crippen molar-refractivity contribution in [3.8, 4) is 0 Å². The molecule has 3 heterocycles. The Balaban J connectivity index is 1.73. The summed E-state index contributed by atoms with van der Waals surface area (Å²) in [6.07, 6.45) is 1.75. The van der Waals surface area contributed by atoms with E-state index in [4.69, 9.17) is 0 Å². The first-order chi connectivity index (χ1) is 11.5. The van der Waals surface area contributed by atoms with E-state index in [9.17, 15) is 4.79 Å². The third-order valence-corrected chi connectivity index (χ3v) is 4.95. The Labute approximate surface area is 145 Å². The maximum absolute atomic E-state index is 12.3. The lowest BCUT2D eigenvalue weighted by Crippen LogP contribution is -2.22. The van der Waals surface area contributed by atoms with Gasteiger partial charge in [-0.05, 0) is 31.9 Å². The van der Waals surface area contributed by atoms with Crippen molar-refractivity contribution in [3.05, 3.63) is 46.3 Å². The van der Waals surface area contributed by atoms with Crippen LogP contribution in [-0.2, 0) is 13.1 Å². The van der Waals surface area contributed by atoms with Gasteiger partial charge in [0.05, 0.1) is 12.2 Å². The van der Waals surface area contributed by atoms with Crippen LogP contribution in [0, 0.1) is 19.8 Å². The number of fused-ring (bicyclic) bond motifs is 1. The summed E-state index contributed by atoms with van der Waals surface area (Å²) in [4.78, 5) is 16.9. The summed E-state index contributed by atoms with van der Waals surface area (Å²) in [7, 11) is 0. The van der Waals surface area contributed by atoms with E-state index in [2.05, 4.69) is 35.4 Å². The van der Waals surface area contributed by atoms with Gasteiger partial charge < -0.3 is 4.57 Å². The number of thioether (sulfide) groups is 1. The standard InChI is InChI=1S/C17H23N5OS/c1-12(2)11-21-14(4)13(3)18-16(21)24-10-9-22-17(23)20-8-6-5-7-15(20)19-22/h5-8,12H,9-11H2,1-4H3. The van der Waals surface area contributed by atoms with Crippen LogP contribution in [0.1, 0.15) is 25.2 Å². The zero-order valence-electron chi connectivity index (χ0n) is 14.6. The summed E-state index contributed by atoms with van der Waals surface area (Å²) in [6.45, 7) is 10.1. The molecule has 3 aromatic heterocycles. The van der Waals surface area contributed by atoms with Gasteiger partial charge in [-0.1, -0.05) is 31.7 Å². The maximum atomic E-state index is 12.3. The van der Waals surface area contributed by atoms with Crippen molar-refractivity contribution < 1.29 is 0 Å². The van der Waals surface area contributed by atoms with Gasteiger partial charge in [0.25, 0.3) is 0 Å². The fourth-order valence-corrected chi connectivity index (χ4v) is 3.67. The zero-order chi connectivity index (χ0) is 17.3. The number of hydrogen-bond donors (Lipinski definition) is 0. The topological polar surface area (TPSA) is 57.1 Å². The van der Waals surface area contributed by atoms with Crippen LogP contribution in [0.4, 0.5) is 0 Å². The molecule has 7 heteroatoms. The van der Waals surface area contributed by atoms with Gasteiger partial charge in [-0.15, -0.1) is 5.10 Å². The monoisotopic (exact) mass is 345 g/mol. The van der Waals surface area contributed by atoms with Gasteiger partial charge in [-0.25, -0.2) is 14.5 Å². The molecule has 0 aliphatic rings. The lowest BCUT2D eigenvalue weighted by Gasteiger charge is -2.12. The lowest BCUT2D eigenvalue weighted by molar-refractivity contribution is 0.486. The molecule has 0 N–H and O–H groups in total. The highest BCUT2D eigenvalue weighted by atomic mass is 32.2. The van der Waals surface area contributed by atoms with E-state index in [1.54, 1.807) is 22.4 Å². The maximum Gasteiger partial charge on any atom is 0.350 e. The Morgan fingerprint density at radius 2 is 2.04 bits per heavy atom. The minimum Gasteiger partial charge on any atom is -0.323 e. The van der Waals surface area contributed by atoms with Gasteiger partial charge in [-0.2, -0.15) is 0 Å². The zero-order valence-corrected chi connectivity index (χ0v) is 15.4. The van der Waals surface area contributed by atoms with Gasteiger partial charge in [0.1, 0.15) is 0 Å². The summed E-state index contributed by atoms with van der Waals surface area (Å²) in [5.74, 6) is 1.33. The van der Waals surface area contributed by atoms with Gasteiger partial charge in [-0.3, -0.25) is 4.40 Å². The fraction of sp³-hybridized carbons (Fsp3) is 0.471. The van der Waals surface area contributed by atoms with E-state index >= 15 is 0 Å². The molecule has 3 rings (SSSR count). The number of hydrogen-bond acceptors (Lipinski definition) is 4. The highest BCUT2D eigenvalue weighted by molar-refractivity contribution is 7.99. The molecule has 0 fully saturated rings. The molecule has 6 nitrogen and oxygen atoms in total. The normalized spacial score (nSPS) is 11.7. The van der Waals surface area contributed by atoms with Crippen molar-refractivity contribution >= 4 is 17.4 Å². The Kier molecular flexibility index (Phi) is 4.80. The molecule has 0 unspecified atom stereocenters. The van der Waals surface area contributed by atoms with E-state index < -0.39 is 0 Å². The van der Waals surface area contributed by atoms with E-state index in [-0.39, 0.29) is 5.69 Å².